The summed E-state index contributed by atoms with van der Waals surface area (Å²) >= 11 is 6.00. The van der Waals surface area contributed by atoms with Gasteiger partial charge in [-0.2, -0.15) is 0 Å². The summed E-state index contributed by atoms with van der Waals surface area (Å²) < 4.78 is 0. The maximum atomic E-state index is 13.3. The van der Waals surface area contributed by atoms with Crippen LogP contribution in [0.3, 0.4) is 0 Å². The topological polar surface area (TPSA) is 62.3 Å². The number of hydrogen-bond donors (Lipinski definition) is 1. The largest absolute Gasteiger partial charge is 0.356 e. The molecule has 5 nitrogen and oxygen atoms in total. The third kappa shape index (κ3) is 6.20. The summed E-state index contributed by atoms with van der Waals surface area (Å²) in [5.41, 5.74) is 4.00. The highest BCUT2D eigenvalue weighted by molar-refractivity contribution is 6.30. The number of nitrogens with one attached hydrogen (secondary N) is 1. The Bertz CT molecular complexity index is 1080. The second-order valence-corrected chi connectivity index (χ2v) is 8.86. The minimum Gasteiger partial charge on any atom is -0.356 e. The maximum absolute atomic E-state index is 13.3. The molecule has 1 N–H and O–H groups in total. The lowest BCUT2D eigenvalue weighted by molar-refractivity contribution is -0.126. The van der Waals surface area contributed by atoms with E-state index in [4.69, 9.17) is 11.6 Å². The van der Waals surface area contributed by atoms with Gasteiger partial charge in [0, 0.05) is 48.5 Å². The average Bonchev–Trinajstić information content (AvgIpc) is 2.86. The average molecular weight is 462 g/mol. The number of rotatable bonds is 7. The summed E-state index contributed by atoms with van der Waals surface area (Å²) in [7, 11) is 0. The summed E-state index contributed by atoms with van der Waals surface area (Å²) in [6.45, 7) is 1.80. The van der Waals surface area contributed by atoms with Crippen molar-refractivity contribution in [1.29, 1.82) is 0 Å². The highest BCUT2D eigenvalue weighted by atomic mass is 35.5. The van der Waals surface area contributed by atoms with Crippen LogP contribution >= 0.6 is 11.6 Å². The zero-order valence-corrected chi connectivity index (χ0v) is 19.3. The van der Waals surface area contributed by atoms with E-state index in [0.29, 0.717) is 43.9 Å². The van der Waals surface area contributed by atoms with Crippen LogP contribution in [0, 0.1) is 5.92 Å². The molecule has 33 heavy (non-hydrogen) atoms. The van der Waals surface area contributed by atoms with E-state index in [-0.39, 0.29) is 17.7 Å². The molecule has 0 saturated carbocycles. The van der Waals surface area contributed by atoms with Crippen molar-refractivity contribution in [2.75, 3.05) is 19.6 Å². The fraction of sp³-hybridized carbons (Fsp3) is 0.296. The van der Waals surface area contributed by atoms with Crippen molar-refractivity contribution in [2.45, 2.75) is 25.7 Å². The molecule has 0 spiro atoms. The molecule has 0 atom stereocenters. The molecular weight excluding hydrogens is 434 g/mol. The van der Waals surface area contributed by atoms with Crippen molar-refractivity contribution < 1.29 is 9.59 Å². The van der Waals surface area contributed by atoms with E-state index in [1.54, 1.807) is 12.4 Å². The van der Waals surface area contributed by atoms with Crippen molar-refractivity contribution in [3.63, 3.8) is 0 Å². The summed E-state index contributed by atoms with van der Waals surface area (Å²) in [6, 6.07) is 19.4. The number of nitrogens with zero attached hydrogens (tertiary/aromatic N) is 2. The highest BCUT2D eigenvalue weighted by Gasteiger charge is 2.28. The number of aromatic nitrogens is 1. The van der Waals surface area contributed by atoms with Crippen LogP contribution in [0.5, 0.6) is 0 Å². The molecule has 0 aliphatic carbocycles. The van der Waals surface area contributed by atoms with Gasteiger partial charge in [0.25, 0.3) is 5.91 Å². The summed E-state index contributed by atoms with van der Waals surface area (Å²) in [5.74, 6) is 0.0752. The SMILES string of the molecule is O=C(NCCc1ccncc1)C1CCN(C(=O)c2ccccc2Cc2ccc(Cl)cc2)CC1. The summed E-state index contributed by atoms with van der Waals surface area (Å²) in [4.78, 5) is 31.7. The standard InChI is InChI=1S/C27H28ClN3O2/c28-24-7-5-21(6-8-24)19-23-3-1-2-4-25(23)27(33)31-17-12-22(13-18-31)26(32)30-16-11-20-9-14-29-15-10-20/h1-10,14-15,22H,11-13,16-19H2,(H,30,32). The summed E-state index contributed by atoms with van der Waals surface area (Å²) in [5, 5.41) is 3.75. The summed E-state index contributed by atoms with van der Waals surface area (Å²) in [6.07, 6.45) is 6.36. The number of pyridine rings is 1. The third-order valence-electron chi connectivity index (χ3n) is 6.17. The molecule has 1 aliphatic heterocycles. The van der Waals surface area contributed by atoms with Crippen LogP contribution in [0.2, 0.25) is 5.02 Å². The van der Waals surface area contributed by atoms with Gasteiger partial charge in [-0.05, 0) is 72.7 Å². The van der Waals surface area contributed by atoms with Gasteiger partial charge in [0.15, 0.2) is 0 Å². The van der Waals surface area contributed by atoms with Crippen LogP contribution in [0.25, 0.3) is 0 Å². The lowest BCUT2D eigenvalue weighted by atomic mass is 9.94. The molecular formula is C27H28ClN3O2. The van der Waals surface area contributed by atoms with Crippen LogP contribution in [-0.4, -0.2) is 41.3 Å². The van der Waals surface area contributed by atoms with Crippen molar-refractivity contribution in [1.82, 2.24) is 15.2 Å². The van der Waals surface area contributed by atoms with Gasteiger partial charge in [-0.15, -0.1) is 0 Å². The number of hydrogen-bond acceptors (Lipinski definition) is 3. The highest BCUT2D eigenvalue weighted by Crippen LogP contribution is 2.22. The van der Waals surface area contributed by atoms with E-state index >= 15 is 0 Å². The predicted molar refractivity (Wildman–Crippen MR) is 130 cm³/mol. The van der Waals surface area contributed by atoms with Crippen molar-refractivity contribution >= 4 is 23.4 Å². The van der Waals surface area contributed by atoms with Crippen LogP contribution in [0.1, 0.15) is 39.9 Å². The number of carbonyl (C=O) groups excluding carboxylic acids is 2. The van der Waals surface area contributed by atoms with Crippen LogP contribution in [0.4, 0.5) is 0 Å². The van der Waals surface area contributed by atoms with Gasteiger partial charge in [0.1, 0.15) is 0 Å². The molecule has 2 aromatic carbocycles. The van der Waals surface area contributed by atoms with Gasteiger partial charge in [0.2, 0.25) is 5.91 Å². The molecule has 1 aliphatic rings. The number of likely N-dealkylation sites (tertiary alicyclic amines) is 1. The molecule has 0 radical (unpaired) electrons. The Kier molecular flexibility index (Phi) is 7.74. The van der Waals surface area contributed by atoms with E-state index in [1.165, 1.54) is 0 Å². The zero-order chi connectivity index (χ0) is 23.0. The lowest BCUT2D eigenvalue weighted by Gasteiger charge is -2.32. The molecule has 4 rings (SSSR count). The minimum atomic E-state index is -0.0456. The van der Waals surface area contributed by atoms with E-state index in [2.05, 4.69) is 10.3 Å². The molecule has 1 saturated heterocycles. The number of carbonyl (C=O) groups is 2. The normalized spacial score (nSPS) is 14.2. The fourth-order valence-electron chi connectivity index (χ4n) is 4.24. The lowest BCUT2D eigenvalue weighted by Crippen LogP contribution is -2.43. The Morgan fingerprint density at radius 1 is 0.939 bits per heavy atom. The second-order valence-electron chi connectivity index (χ2n) is 8.42. The van der Waals surface area contributed by atoms with E-state index < -0.39 is 0 Å². The fourth-order valence-corrected chi connectivity index (χ4v) is 4.37. The molecule has 6 heteroatoms. The Morgan fingerprint density at radius 3 is 2.36 bits per heavy atom. The van der Waals surface area contributed by atoms with E-state index in [1.807, 2.05) is 65.6 Å². The predicted octanol–water partition coefficient (Wildman–Crippen LogP) is 4.54. The molecule has 0 bridgehead atoms. The smallest absolute Gasteiger partial charge is 0.254 e. The number of piperidine rings is 1. The Morgan fingerprint density at radius 2 is 1.64 bits per heavy atom. The first-order valence-electron chi connectivity index (χ1n) is 11.4. The number of amides is 2. The van der Waals surface area contributed by atoms with E-state index in [0.717, 1.165) is 28.7 Å². The van der Waals surface area contributed by atoms with Crippen LogP contribution < -0.4 is 5.32 Å². The van der Waals surface area contributed by atoms with Crippen LogP contribution in [-0.2, 0) is 17.6 Å². The minimum absolute atomic E-state index is 0.0381. The Balaban J connectivity index is 1.30. The van der Waals surface area contributed by atoms with Crippen molar-refractivity contribution in [3.8, 4) is 0 Å². The molecule has 2 heterocycles. The molecule has 1 fully saturated rings. The van der Waals surface area contributed by atoms with Gasteiger partial charge >= 0.3 is 0 Å². The Labute approximate surface area is 199 Å². The molecule has 2 amide bonds. The first-order chi connectivity index (χ1) is 16.1. The Hall–Kier alpha value is -3.18. The third-order valence-corrected chi connectivity index (χ3v) is 6.42. The van der Waals surface area contributed by atoms with Crippen molar-refractivity contribution in [3.05, 3.63) is 100 Å². The van der Waals surface area contributed by atoms with Gasteiger partial charge < -0.3 is 10.2 Å². The molecule has 170 valence electrons. The molecule has 0 unspecified atom stereocenters. The quantitative estimate of drug-likeness (QED) is 0.562. The van der Waals surface area contributed by atoms with Gasteiger partial charge in [-0.1, -0.05) is 41.9 Å². The molecule has 1 aromatic heterocycles. The van der Waals surface area contributed by atoms with Crippen LogP contribution in [0.15, 0.2) is 73.1 Å². The monoisotopic (exact) mass is 461 g/mol. The van der Waals surface area contributed by atoms with Crippen molar-refractivity contribution in [2.24, 2.45) is 5.92 Å². The second kappa shape index (κ2) is 11.1. The first-order valence-corrected chi connectivity index (χ1v) is 11.8. The maximum Gasteiger partial charge on any atom is 0.254 e. The first kappa shape index (κ1) is 23.0. The number of benzene rings is 2. The van der Waals surface area contributed by atoms with Gasteiger partial charge in [-0.3, -0.25) is 14.6 Å². The van der Waals surface area contributed by atoms with Gasteiger partial charge in [-0.25, -0.2) is 0 Å². The zero-order valence-electron chi connectivity index (χ0n) is 18.5. The number of halogens is 1. The molecule has 3 aromatic rings. The van der Waals surface area contributed by atoms with E-state index in [9.17, 15) is 9.59 Å². The van der Waals surface area contributed by atoms with Gasteiger partial charge in [0.05, 0.1) is 0 Å².